The summed E-state index contributed by atoms with van der Waals surface area (Å²) in [6.07, 6.45) is 0.946. The fraction of sp³-hybridized carbons (Fsp3) is 0.571. The van der Waals surface area contributed by atoms with Gasteiger partial charge in [-0.2, -0.15) is 11.8 Å². The number of hydrogen-bond acceptors (Lipinski definition) is 3. The van der Waals surface area contributed by atoms with Crippen molar-refractivity contribution in [3.05, 3.63) is 28.2 Å². The molecule has 1 heterocycles. The Morgan fingerprint density at radius 1 is 1.33 bits per heavy atom. The van der Waals surface area contributed by atoms with E-state index in [2.05, 4.69) is 64.6 Å². The summed E-state index contributed by atoms with van der Waals surface area (Å²) in [6, 6.07) is 6.63. The summed E-state index contributed by atoms with van der Waals surface area (Å²) in [4.78, 5) is 2.49. The number of thioether (sulfide) groups is 1. The summed E-state index contributed by atoms with van der Waals surface area (Å²) >= 11 is 5.79. The van der Waals surface area contributed by atoms with Crippen molar-refractivity contribution in [3.63, 3.8) is 0 Å². The first kappa shape index (κ1) is 14.2. The summed E-state index contributed by atoms with van der Waals surface area (Å²) in [5, 5.41) is 1.40. The quantitative estimate of drug-likeness (QED) is 0.923. The van der Waals surface area contributed by atoms with Crippen LogP contribution in [0.1, 0.15) is 19.4 Å². The predicted molar refractivity (Wildman–Crippen MR) is 85.6 cm³/mol. The molecule has 0 amide bonds. The number of benzene rings is 1. The molecule has 2 atom stereocenters. The predicted octanol–water partition coefficient (Wildman–Crippen LogP) is 3.28. The van der Waals surface area contributed by atoms with Gasteiger partial charge in [-0.15, -0.1) is 0 Å². The van der Waals surface area contributed by atoms with Crippen molar-refractivity contribution in [1.82, 2.24) is 0 Å². The Labute approximate surface area is 122 Å². The summed E-state index contributed by atoms with van der Waals surface area (Å²) in [7, 11) is 0. The highest BCUT2D eigenvalue weighted by Crippen LogP contribution is 2.33. The van der Waals surface area contributed by atoms with Gasteiger partial charge < -0.3 is 10.6 Å². The Hall–Kier alpha value is -0.190. The number of halogens is 1. The monoisotopic (exact) mass is 328 g/mol. The van der Waals surface area contributed by atoms with Crippen LogP contribution in [0, 0.1) is 0 Å². The van der Waals surface area contributed by atoms with E-state index in [-0.39, 0.29) is 0 Å². The van der Waals surface area contributed by atoms with Crippen molar-refractivity contribution in [2.45, 2.75) is 30.8 Å². The number of rotatable bonds is 3. The Morgan fingerprint density at radius 3 is 2.56 bits per heavy atom. The van der Waals surface area contributed by atoms with E-state index in [1.165, 1.54) is 15.7 Å². The molecule has 0 bridgehead atoms. The molecule has 1 aromatic rings. The maximum Gasteiger partial charge on any atom is 0.0511 e. The van der Waals surface area contributed by atoms with E-state index in [1.807, 2.05) is 0 Å². The third kappa shape index (κ3) is 3.43. The smallest absolute Gasteiger partial charge is 0.0511 e. The fourth-order valence-corrected chi connectivity index (χ4v) is 4.51. The third-order valence-electron chi connectivity index (χ3n) is 3.21. The van der Waals surface area contributed by atoms with E-state index in [9.17, 15) is 0 Å². The zero-order chi connectivity index (χ0) is 13.1. The number of nitrogens with two attached hydrogens (primary N) is 1. The Morgan fingerprint density at radius 2 is 2.00 bits per heavy atom. The molecule has 1 aliphatic rings. The van der Waals surface area contributed by atoms with Gasteiger partial charge in [-0.1, -0.05) is 19.9 Å². The standard InChI is InChI=1S/C14H21BrN2S/c1-10-8-17(9-11(2)18-10)14-4-3-12(5-6-16)7-13(14)15/h3-4,7,10-11H,5-6,8-9,16H2,1-2H3. The molecule has 18 heavy (non-hydrogen) atoms. The number of hydrogen-bond donors (Lipinski definition) is 1. The van der Waals surface area contributed by atoms with Gasteiger partial charge in [-0.25, -0.2) is 0 Å². The first-order chi connectivity index (χ1) is 8.60. The minimum Gasteiger partial charge on any atom is -0.368 e. The third-order valence-corrected chi connectivity index (χ3v) is 5.07. The van der Waals surface area contributed by atoms with Crippen LogP contribution in [0.4, 0.5) is 5.69 Å². The summed E-state index contributed by atoms with van der Waals surface area (Å²) in [5.74, 6) is 0. The Kier molecular flexibility index (Phi) is 4.98. The summed E-state index contributed by atoms with van der Waals surface area (Å²) in [5.41, 5.74) is 8.22. The summed E-state index contributed by atoms with van der Waals surface area (Å²) < 4.78 is 1.19. The van der Waals surface area contributed by atoms with Crippen LogP contribution in [-0.2, 0) is 6.42 Å². The zero-order valence-electron chi connectivity index (χ0n) is 11.0. The molecular weight excluding hydrogens is 308 g/mol. The Balaban J connectivity index is 2.17. The molecular formula is C14H21BrN2S. The minimum absolute atomic E-state index is 0.698. The second kappa shape index (κ2) is 6.31. The van der Waals surface area contributed by atoms with Crippen LogP contribution in [-0.4, -0.2) is 30.1 Å². The van der Waals surface area contributed by atoms with Crippen LogP contribution in [0.3, 0.4) is 0 Å². The topological polar surface area (TPSA) is 29.3 Å². The molecule has 1 saturated heterocycles. The molecule has 1 aliphatic heterocycles. The van der Waals surface area contributed by atoms with Gasteiger partial charge >= 0.3 is 0 Å². The van der Waals surface area contributed by atoms with Crippen LogP contribution >= 0.6 is 27.7 Å². The average Bonchev–Trinajstić information content (AvgIpc) is 2.28. The van der Waals surface area contributed by atoms with Crippen LogP contribution in [0.5, 0.6) is 0 Å². The van der Waals surface area contributed by atoms with Crippen molar-refractivity contribution in [3.8, 4) is 0 Å². The van der Waals surface area contributed by atoms with E-state index in [4.69, 9.17) is 5.73 Å². The Bertz CT molecular complexity index is 401. The van der Waals surface area contributed by atoms with Gasteiger partial charge in [0.25, 0.3) is 0 Å². The second-order valence-corrected chi connectivity index (χ2v) is 7.72. The van der Waals surface area contributed by atoms with Crippen LogP contribution in [0.15, 0.2) is 22.7 Å². The fourth-order valence-electron chi connectivity index (χ4n) is 2.50. The lowest BCUT2D eigenvalue weighted by atomic mass is 10.1. The molecule has 0 aliphatic carbocycles. The molecule has 1 fully saturated rings. The molecule has 2 rings (SSSR count). The molecule has 2 N–H and O–H groups in total. The van der Waals surface area contributed by atoms with Gasteiger partial charge in [0.2, 0.25) is 0 Å². The molecule has 100 valence electrons. The molecule has 1 aromatic carbocycles. The second-order valence-electron chi connectivity index (χ2n) is 4.99. The summed E-state index contributed by atoms with van der Waals surface area (Å²) in [6.45, 7) is 7.59. The molecule has 2 nitrogen and oxygen atoms in total. The first-order valence-corrected chi connectivity index (χ1v) is 8.22. The van der Waals surface area contributed by atoms with Gasteiger partial charge in [0, 0.05) is 28.1 Å². The highest BCUT2D eigenvalue weighted by atomic mass is 79.9. The first-order valence-electron chi connectivity index (χ1n) is 6.49. The van der Waals surface area contributed by atoms with E-state index >= 15 is 0 Å². The van der Waals surface area contributed by atoms with E-state index in [0.29, 0.717) is 17.0 Å². The van der Waals surface area contributed by atoms with Gasteiger partial charge in [-0.3, -0.25) is 0 Å². The highest BCUT2D eigenvalue weighted by Gasteiger charge is 2.23. The maximum atomic E-state index is 5.60. The van der Waals surface area contributed by atoms with E-state index < -0.39 is 0 Å². The van der Waals surface area contributed by atoms with Gasteiger partial charge in [-0.05, 0) is 46.6 Å². The SMILES string of the molecule is CC1CN(c2ccc(CCN)cc2Br)CC(C)S1. The van der Waals surface area contributed by atoms with Gasteiger partial charge in [0.15, 0.2) is 0 Å². The average molecular weight is 329 g/mol. The van der Waals surface area contributed by atoms with Crippen molar-refractivity contribution < 1.29 is 0 Å². The van der Waals surface area contributed by atoms with Crippen molar-refractivity contribution in [2.24, 2.45) is 5.73 Å². The maximum absolute atomic E-state index is 5.60. The van der Waals surface area contributed by atoms with Crippen LogP contribution in [0.2, 0.25) is 0 Å². The van der Waals surface area contributed by atoms with Gasteiger partial charge in [0.05, 0.1) is 5.69 Å². The number of nitrogens with zero attached hydrogens (tertiary/aromatic N) is 1. The lowest BCUT2D eigenvalue weighted by molar-refractivity contribution is 0.727. The van der Waals surface area contributed by atoms with Crippen LogP contribution in [0.25, 0.3) is 0 Å². The highest BCUT2D eigenvalue weighted by molar-refractivity contribution is 9.10. The zero-order valence-corrected chi connectivity index (χ0v) is 13.4. The van der Waals surface area contributed by atoms with Gasteiger partial charge in [0.1, 0.15) is 0 Å². The molecule has 4 heteroatoms. The van der Waals surface area contributed by atoms with Crippen molar-refractivity contribution in [2.75, 3.05) is 24.5 Å². The lowest BCUT2D eigenvalue weighted by Gasteiger charge is -2.36. The largest absolute Gasteiger partial charge is 0.368 e. The van der Waals surface area contributed by atoms with Crippen LogP contribution < -0.4 is 10.6 Å². The molecule has 0 radical (unpaired) electrons. The molecule has 0 aromatic heterocycles. The van der Waals surface area contributed by atoms with Crippen molar-refractivity contribution in [1.29, 1.82) is 0 Å². The molecule has 2 unspecified atom stereocenters. The number of anilines is 1. The van der Waals surface area contributed by atoms with E-state index in [0.717, 1.165) is 19.5 Å². The molecule has 0 saturated carbocycles. The van der Waals surface area contributed by atoms with Crippen molar-refractivity contribution >= 4 is 33.4 Å². The normalized spacial score (nSPS) is 24.3. The minimum atomic E-state index is 0.698. The lowest BCUT2D eigenvalue weighted by Crippen LogP contribution is -2.40. The molecule has 0 spiro atoms. The van der Waals surface area contributed by atoms with E-state index in [1.54, 1.807) is 0 Å².